The molecule has 144 valence electrons. The van der Waals surface area contributed by atoms with Gasteiger partial charge in [-0.3, -0.25) is 14.4 Å². The van der Waals surface area contributed by atoms with E-state index in [1.54, 1.807) is 0 Å². The SMILES string of the molecule is O=C(CN1Cc2ccnn2[C@@H](COCC2CCOCC2)C1)N1CCCC1. The van der Waals surface area contributed by atoms with Gasteiger partial charge in [0.15, 0.2) is 0 Å². The number of ether oxygens (including phenoxy) is 2. The Kier molecular flexibility index (Phi) is 5.87. The molecule has 1 amide bonds. The fourth-order valence-corrected chi connectivity index (χ4v) is 4.25. The van der Waals surface area contributed by atoms with Gasteiger partial charge in [0.05, 0.1) is 24.9 Å². The van der Waals surface area contributed by atoms with E-state index < -0.39 is 0 Å². The Morgan fingerprint density at radius 1 is 1.23 bits per heavy atom. The van der Waals surface area contributed by atoms with E-state index in [-0.39, 0.29) is 11.9 Å². The van der Waals surface area contributed by atoms with Crippen molar-refractivity contribution < 1.29 is 14.3 Å². The highest BCUT2D eigenvalue weighted by atomic mass is 16.5. The summed E-state index contributed by atoms with van der Waals surface area (Å²) in [6.45, 7) is 7.11. The van der Waals surface area contributed by atoms with Crippen molar-refractivity contribution in [1.82, 2.24) is 19.6 Å². The first kappa shape index (κ1) is 17.9. The van der Waals surface area contributed by atoms with Gasteiger partial charge in [0, 0.05) is 52.2 Å². The summed E-state index contributed by atoms with van der Waals surface area (Å²) in [5, 5.41) is 4.49. The average molecular weight is 362 g/mol. The molecule has 2 fully saturated rings. The molecule has 3 aliphatic rings. The Hall–Kier alpha value is -1.44. The zero-order chi connectivity index (χ0) is 17.8. The molecular weight excluding hydrogens is 332 g/mol. The van der Waals surface area contributed by atoms with Crippen molar-refractivity contribution in [2.24, 2.45) is 5.92 Å². The fraction of sp³-hybridized carbons (Fsp3) is 0.789. The van der Waals surface area contributed by atoms with Gasteiger partial charge >= 0.3 is 0 Å². The van der Waals surface area contributed by atoms with Crippen LogP contribution in [0.2, 0.25) is 0 Å². The van der Waals surface area contributed by atoms with E-state index in [2.05, 4.69) is 20.7 Å². The van der Waals surface area contributed by atoms with Crippen molar-refractivity contribution in [1.29, 1.82) is 0 Å². The smallest absolute Gasteiger partial charge is 0.236 e. The van der Waals surface area contributed by atoms with Crippen LogP contribution >= 0.6 is 0 Å². The molecule has 7 heteroatoms. The molecule has 2 saturated heterocycles. The van der Waals surface area contributed by atoms with Crippen LogP contribution in [0.25, 0.3) is 0 Å². The molecule has 1 aromatic heterocycles. The lowest BCUT2D eigenvalue weighted by Gasteiger charge is -2.34. The zero-order valence-corrected chi connectivity index (χ0v) is 15.5. The summed E-state index contributed by atoms with van der Waals surface area (Å²) in [6.07, 6.45) is 6.32. The number of amides is 1. The van der Waals surface area contributed by atoms with E-state index in [9.17, 15) is 4.79 Å². The monoisotopic (exact) mass is 362 g/mol. The van der Waals surface area contributed by atoms with Crippen molar-refractivity contribution in [2.75, 3.05) is 52.6 Å². The van der Waals surface area contributed by atoms with Crippen LogP contribution in [0, 0.1) is 5.92 Å². The van der Waals surface area contributed by atoms with Crippen molar-refractivity contribution >= 4 is 5.91 Å². The van der Waals surface area contributed by atoms with Crippen molar-refractivity contribution in [3.8, 4) is 0 Å². The normalized spacial score (nSPS) is 24.8. The van der Waals surface area contributed by atoms with Gasteiger partial charge in [-0.15, -0.1) is 0 Å². The molecule has 0 spiro atoms. The lowest BCUT2D eigenvalue weighted by molar-refractivity contribution is -0.132. The molecule has 0 bridgehead atoms. The van der Waals surface area contributed by atoms with Crippen LogP contribution < -0.4 is 0 Å². The van der Waals surface area contributed by atoms with Gasteiger partial charge in [-0.25, -0.2) is 0 Å². The number of hydrogen-bond donors (Lipinski definition) is 0. The van der Waals surface area contributed by atoms with Gasteiger partial charge < -0.3 is 14.4 Å². The van der Waals surface area contributed by atoms with Crippen LogP contribution in [0.3, 0.4) is 0 Å². The molecule has 0 N–H and O–H groups in total. The standard InChI is InChI=1S/C19H30N4O3/c24-19(22-7-1-2-8-22)13-21-11-17-3-6-20-23(17)18(12-21)15-26-14-16-4-9-25-10-5-16/h3,6,16,18H,1-2,4-5,7-15H2/t18-/m1/s1. The van der Waals surface area contributed by atoms with Crippen LogP contribution in [-0.4, -0.2) is 78.1 Å². The van der Waals surface area contributed by atoms with E-state index in [4.69, 9.17) is 9.47 Å². The van der Waals surface area contributed by atoms with E-state index >= 15 is 0 Å². The van der Waals surface area contributed by atoms with Gasteiger partial charge in [-0.05, 0) is 37.7 Å². The summed E-state index contributed by atoms with van der Waals surface area (Å²) in [5.74, 6) is 0.870. The number of likely N-dealkylation sites (tertiary alicyclic amines) is 1. The second-order valence-electron chi connectivity index (χ2n) is 7.77. The van der Waals surface area contributed by atoms with Gasteiger partial charge in [-0.1, -0.05) is 0 Å². The number of carbonyl (C=O) groups is 1. The maximum Gasteiger partial charge on any atom is 0.236 e. The lowest BCUT2D eigenvalue weighted by atomic mass is 10.0. The summed E-state index contributed by atoms with van der Waals surface area (Å²) in [7, 11) is 0. The highest BCUT2D eigenvalue weighted by molar-refractivity contribution is 5.78. The maximum absolute atomic E-state index is 12.5. The minimum absolute atomic E-state index is 0.181. The summed E-state index contributed by atoms with van der Waals surface area (Å²) >= 11 is 0. The molecule has 7 nitrogen and oxygen atoms in total. The highest BCUT2D eigenvalue weighted by Crippen LogP contribution is 2.22. The second-order valence-corrected chi connectivity index (χ2v) is 7.77. The van der Waals surface area contributed by atoms with Crippen LogP contribution in [0.15, 0.2) is 12.3 Å². The highest BCUT2D eigenvalue weighted by Gasteiger charge is 2.29. The minimum atomic E-state index is 0.181. The fourth-order valence-electron chi connectivity index (χ4n) is 4.25. The second kappa shape index (κ2) is 8.50. The third kappa shape index (κ3) is 4.27. The number of nitrogens with zero attached hydrogens (tertiary/aromatic N) is 4. The number of aromatic nitrogens is 2. The predicted molar refractivity (Wildman–Crippen MR) is 96.7 cm³/mol. The quantitative estimate of drug-likeness (QED) is 0.764. The molecule has 0 radical (unpaired) electrons. The summed E-state index contributed by atoms with van der Waals surface area (Å²) < 4.78 is 13.6. The summed E-state index contributed by atoms with van der Waals surface area (Å²) in [4.78, 5) is 16.8. The number of fused-ring (bicyclic) bond motifs is 1. The Labute approximate surface area is 155 Å². The third-order valence-corrected chi connectivity index (χ3v) is 5.77. The van der Waals surface area contributed by atoms with E-state index in [1.165, 1.54) is 5.69 Å². The van der Waals surface area contributed by atoms with Gasteiger partial charge in [0.25, 0.3) is 0 Å². The number of rotatable bonds is 6. The van der Waals surface area contributed by atoms with Crippen LogP contribution in [0.1, 0.15) is 37.4 Å². The molecule has 4 heterocycles. The van der Waals surface area contributed by atoms with E-state index in [0.29, 0.717) is 19.1 Å². The van der Waals surface area contributed by atoms with Gasteiger partial charge in [-0.2, -0.15) is 5.10 Å². The molecule has 1 atom stereocenters. The third-order valence-electron chi connectivity index (χ3n) is 5.77. The summed E-state index contributed by atoms with van der Waals surface area (Å²) in [6, 6.07) is 2.23. The van der Waals surface area contributed by atoms with Crippen molar-refractivity contribution in [3.63, 3.8) is 0 Å². The Morgan fingerprint density at radius 2 is 2.04 bits per heavy atom. The first-order chi connectivity index (χ1) is 12.8. The van der Waals surface area contributed by atoms with Crippen LogP contribution in [0.4, 0.5) is 0 Å². The molecule has 0 aromatic carbocycles. The Balaban J connectivity index is 1.31. The largest absolute Gasteiger partial charge is 0.381 e. The predicted octanol–water partition coefficient (Wildman–Crippen LogP) is 1.31. The van der Waals surface area contributed by atoms with Gasteiger partial charge in [0.2, 0.25) is 5.91 Å². The molecule has 0 aliphatic carbocycles. The minimum Gasteiger partial charge on any atom is -0.381 e. The number of carbonyl (C=O) groups excluding carboxylic acids is 1. The zero-order valence-electron chi connectivity index (χ0n) is 15.5. The van der Waals surface area contributed by atoms with Crippen LogP contribution in [0.5, 0.6) is 0 Å². The topological polar surface area (TPSA) is 59.8 Å². The molecule has 1 aromatic rings. The van der Waals surface area contributed by atoms with Crippen LogP contribution in [-0.2, 0) is 20.8 Å². The first-order valence-electron chi connectivity index (χ1n) is 9.97. The van der Waals surface area contributed by atoms with E-state index in [1.807, 2.05) is 11.1 Å². The molecular formula is C19H30N4O3. The molecule has 0 unspecified atom stereocenters. The average Bonchev–Trinajstić information content (AvgIpc) is 3.34. The lowest BCUT2D eigenvalue weighted by Crippen LogP contribution is -2.45. The molecule has 0 saturated carbocycles. The Bertz CT molecular complexity index is 593. The maximum atomic E-state index is 12.5. The molecule has 3 aliphatic heterocycles. The van der Waals surface area contributed by atoms with Gasteiger partial charge in [0.1, 0.15) is 0 Å². The number of hydrogen-bond acceptors (Lipinski definition) is 5. The summed E-state index contributed by atoms with van der Waals surface area (Å²) in [5.41, 5.74) is 1.17. The van der Waals surface area contributed by atoms with E-state index in [0.717, 1.165) is 71.7 Å². The molecule has 26 heavy (non-hydrogen) atoms. The first-order valence-corrected chi connectivity index (χ1v) is 9.97. The van der Waals surface area contributed by atoms with Crippen molar-refractivity contribution in [2.45, 2.75) is 38.3 Å². The molecule has 4 rings (SSSR count). The Morgan fingerprint density at radius 3 is 2.85 bits per heavy atom. The van der Waals surface area contributed by atoms with Crippen molar-refractivity contribution in [3.05, 3.63) is 18.0 Å².